The van der Waals surface area contributed by atoms with Crippen molar-refractivity contribution in [1.82, 2.24) is 15.1 Å². The van der Waals surface area contributed by atoms with Gasteiger partial charge in [-0.2, -0.15) is 11.8 Å². The van der Waals surface area contributed by atoms with E-state index in [2.05, 4.69) is 29.0 Å². The maximum Gasteiger partial charge on any atom is 0.240 e. The van der Waals surface area contributed by atoms with Crippen molar-refractivity contribution in [2.45, 2.75) is 32.4 Å². The molecule has 0 bridgehead atoms. The first-order valence-electron chi connectivity index (χ1n) is 7.10. The van der Waals surface area contributed by atoms with Gasteiger partial charge in [0.05, 0.1) is 6.04 Å². The molecule has 0 aromatic heterocycles. The molecule has 4 nitrogen and oxygen atoms in total. The van der Waals surface area contributed by atoms with Gasteiger partial charge in [0.15, 0.2) is 0 Å². The summed E-state index contributed by atoms with van der Waals surface area (Å²) in [7, 11) is 0. The number of likely N-dealkylation sites (N-methyl/N-ethyl adjacent to an activating group) is 1. The first-order valence-corrected chi connectivity index (χ1v) is 8.25. The average Bonchev–Trinajstić information content (AvgIpc) is 2.90. The zero-order valence-electron chi connectivity index (χ0n) is 11.5. The standard InChI is InChI=1S/C13H25N3OS/c1-3-15(4-2)11-5-7-16(9-11)13(17)12-10-18-8-6-14-12/h11-12,14H,3-10H2,1-2H3. The summed E-state index contributed by atoms with van der Waals surface area (Å²) in [5.74, 6) is 2.38. The zero-order chi connectivity index (χ0) is 13.0. The van der Waals surface area contributed by atoms with Gasteiger partial charge in [-0.25, -0.2) is 0 Å². The van der Waals surface area contributed by atoms with Crippen molar-refractivity contribution >= 4 is 17.7 Å². The topological polar surface area (TPSA) is 35.6 Å². The molecule has 2 rings (SSSR count). The third kappa shape index (κ3) is 3.19. The van der Waals surface area contributed by atoms with Crippen molar-refractivity contribution in [1.29, 1.82) is 0 Å². The van der Waals surface area contributed by atoms with E-state index < -0.39 is 0 Å². The molecule has 0 saturated carbocycles. The fourth-order valence-electron chi connectivity index (χ4n) is 2.92. The highest BCUT2D eigenvalue weighted by Gasteiger charge is 2.33. The fraction of sp³-hybridized carbons (Fsp3) is 0.923. The highest BCUT2D eigenvalue weighted by Crippen LogP contribution is 2.18. The third-order valence-electron chi connectivity index (χ3n) is 4.02. The number of nitrogens with zero attached hydrogens (tertiary/aromatic N) is 2. The fourth-order valence-corrected chi connectivity index (χ4v) is 3.85. The number of hydrogen-bond acceptors (Lipinski definition) is 4. The van der Waals surface area contributed by atoms with Crippen LogP contribution < -0.4 is 5.32 Å². The minimum atomic E-state index is 0.0548. The van der Waals surface area contributed by atoms with Crippen LogP contribution in [0.25, 0.3) is 0 Å². The van der Waals surface area contributed by atoms with Crippen molar-refractivity contribution in [2.24, 2.45) is 0 Å². The normalized spacial score (nSPS) is 28.9. The van der Waals surface area contributed by atoms with Gasteiger partial charge in [0, 0.05) is 37.2 Å². The van der Waals surface area contributed by atoms with Crippen LogP contribution in [-0.4, -0.2) is 72.0 Å². The van der Waals surface area contributed by atoms with E-state index in [1.165, 1.54) is 0 Å². The van der Waals surface area contributed by atoms with Crippen LogP contribution in [-0.2, 0) is 4.79 Å². The van der Waals surface area contributed by atoms with E-state index in [-0.39, 0.29) is 6.04 Å². The summed E-state index contributed by atoms with van der Waals surface area (Å²) in [6.45, 7) is 9.39. The first-order chi connectivity index (χ1) is 8.76. The average molecular weight is 271 g/mol. The number of thioether (sulfide) groups is 1. The molecule has 2 atom stereocenters. The Labute approximate surface area is 114 Å². The van der Waals surface area contributed by atoms with E-state index in [9.17, 15) is 4.79 Å². The van der Waals surface area contributed by atoms with Gasteiger partial charge in [-0.1, -0.05) is 13.8 Å². The van der Waals surface area contributed by atoms with Crippen molar-refractivity contribution in [3.05, 3.63) is 0 Å². The molecule has 0 aromatic rings. The Balaban J connectivity index is 1.85. The van der Waals surface area contributed by atoms with Crippen LogP contribution in [0, 0.1) is 0 Å². The second kappa shape index (κ2) is 6.78. The summed E-state index contributed by atoms with van der Waals surface area (Å²) < 4.78 is 0. The Hall–Kier alpha value is -0.260. The highest BCUT2D eigenvalue weighted by atomic mass is 32.2. The number of rotatable bonds is 4. The Bertz CT molecular complexity index is 277. The monoisotopic (exact) mass is 271 g/mol. The number of likely N-dealkylation sites (tertiary alicyclic amines) is 1. The molecule has 2 aliphatic heterocycles. The molecule has 0 spiro atoms. The number of nitrogens with one attached hydrogen (secondary N) is 1. The molecular formula is C13H25N3OS. The summed E-state index contributed by atoms with van der Waals surface area (Å²) in [5, 5.41) is 3.34. The molecule has 0 radical (unpaired) electrons. The second-order valence-corrected chi connectivity index (χ2v) is 6.18. The molecular weight excluding hydrogens is 246 g/mol. The Kier molecular flexibility index (Phi) is 5.33. The number of carbonyl (C=O) groups is 1. The minimum Gasteiger partial charge on any atom is -0.340 e. The number of carbonyl (C=O) groups excluding carboxylic acids is 1. The molecule has 2 saturated heterocycles. The predicted molar refractivity (Wildman–Crippen MR) is 77.0 cm³/mol. The maximum absolute atomic E-state index is 12.4. The van der Waals surface area contributed by atoms with Crippen LogP contribution >= 0.6 is 11.8 Å². The molecule has 2 fully saturated rings. The Morgan fingerprint density at radius 3 is 2.83 bits per heavy atom. The van der Waals surface area contributed by atoms with Crippen LogP contribution in [0.2, 0.25) is 0 Å². The molecule has 1 N–H and O–H groups in total. The lowest BCUT2D eigenvalue weighted by Gasteiger charge is -2.29. The number of hydrogen-bond donors (Lipinski definition) is 1. The van der Waals surface area contributed by atoms with E-state index in [0.29, 0.717) is 11.9 Å². The molecule has 1 amide bonds. The van der Waals surface area contributed by atoms with Gasteiger partial charge in [0.2, 0.25) is 5.91 Å². The molecule has 0 aromatic carbocycles. The van der Waals surface area contributed by atoms with Gasteiger partial charge in [0.25, 0.3) is 0 Å². The van der Waals surface area contributed by atoms with Crippen LogP contribution in [0.5, 0.6) is 0 Å². The summed E-state index contributed by atoms with van der Waals surface area (Å²) in [6, 6.07) is 0.624. The summed E-state index contributed by atoms with van der Waals surface area (Å²) in [5.41, 5.74) is 0. The van der Waals surface area contributed by atoms with Gasteiger partial charge < -0.3 is 10.2 Å². The van der Waals surface area contributed by atoms with Crippen LogP contribution in [0.4, 0.5) is 0 Å². The molecule has 0 aliphatic carbocycles. The zero-order valence-corrected chi connectivity index (χ0v) is 12.3. The maximum atomic E-state index is 12.4. The summed E-state index contributed by atoms with van der Waals surface area (Å²) in [4.78, 5) is 16.9. The third-order valence-corrected chi connectivity index (χ3v) is 5.09. The SMILES string of the molecule is CCN(CC)C1CCN(C(=O)C2CSCCN2)C1. The van der Waals surface area contributed by atoms with E-state index in [0.717, 1.165) is 50.7 Å². The summed E-state index contributed by atoms with van der Waals surface area (Å²) >= 11 is 1.89. The minimum absolute atomic E-state index is 0.0548. The second-order valence-electron chi connectivity index (χ2n) is 5.03. The largest absolute Gasteiger partial charge is 0.340 e. The Morgan fingerprint density at radius 1 is 1.44 bits per heavy atom. The number of amides is 1. The van der Waals surface area contributed by atoms with Crippen molar-refractivity contribution in [2.75, 3.05) is 44.2 Å². The first kappa shape index (κ1) is 14.2. The lowest BCUT2D eigenvalue weighted by atomic mass is 10.2. The van der Waals surface area contributed by atoms with Gasteiger partial charge >= 0.3 is 0 Å². The highest BCUT2D eigenvalue weighted by molar-refractivity contribution is 7.99. The van der Waals surface area contributed by atoms with Crippen molar-refractivity contribution in [3.63, 3.8) is 0 Å². The summed E-state index contributed by atoms with van der Waals surface area (Å²) in [6.07, 6.45) is 1.13. The van der Waals surface area contributed by atoms with E-state index >= 15 is 0 Å². The molecule has 2 unspecified atom stereocenters. The molecule has 104 valence electrons. The van der Waals surface area contributed by atoms with Crippen molar-refractivity contribution in [3.8, 4) is 0 Å². The van der Waals surface area contributed by atoms with Crippen LogP contribution in [0.15, 0.2) is 0 Å². The van der Waals surface area contributed by atoms with Crippen LogP contribution in [0.3, 0.4) is 0 Å². The van der Waals surface area contributed by atoms with Gasteiger partial charge in [-0.15, -0.1) is 0 Å². The van der Waals surface area contributed by atoms with E-state index in [4.69, 9.17) is 0 Å². The molecule has 18 heavy (non-hydrogen) atoms. The molecule has 2 heterocycles. The Morgan fingerprint density at radius 2 is 2.22 bits per heavy atom. The quantitative estimate of drug-likeness (QED) is 0.814. The predicted octanol–water partition coefficient (Wildman–Crippen LogP) is 0.634. The lowest BCUT2D eigenvalue weighted by Crippen LogP contribution is -2.50. The van der Waals surface area contributed by atoms with Gasteiger partial charge in [-0.3, -0.25) is 9.69 Å². The van der Waals surface area contributed by atoms with E-state index in [1.54, 1.807) is 0 Å². The van der Waals surface area contributed by atoms with Crippen LogP contribution in [0.1, 0.15) is 20.3 Å². The van der Waals surface area contributed by atoms with Crippen molar-refractivity contribution < 1.29 is 4.79 Å². The van der Waals surface area contributed by atoms with E-state index in [1.807, 2.05) is 11.8 Å². The molecule has 2 aliphatic rings. The lowest BCUT2D eigenvalue weighted by molar-refractivity contribution is -0.132. The van der Waals surface area contributed by atoms with Gasteiger partial charge in [-0.05, 0) is 19.5 Å². The molecule has 5 heteroatoms. The smallest absolute Gasteiger partial charge is 0.240 e. The van der Waals surface area contributed by atoms with Gasteiger partial charge in [0.1, 0.15) is 0 Å².